The van der Waals surface area contributed by atoms with Crippen LogP contribution in [0.2, 0.25) is 0 Å². The molecule has 0 unspecified atom stereocenters. The molecule has 3 aliphatic heterocycles. The SMILES string of the molecule is CC1(C)CC(NC(=O)C2CCN(S(=O)(=O)c3ccc4c(c3)OCCO4)CC2)CC(C)(C)N1. The third-order valence-corrected chi connectivity index (χ3v) is 8.41. The standard InChI is InChI=1S/C23H35N3O5S/c1-22(2)14-17(15-23(3,4)25-22)24-21(27)16-7-9-26(10-8-16)32(28,29)18-5-6-19-20(13-18)31-12-11-30-19/h5-6,13,16-17,25H,7-12,14-15H2,1-4H3,(H,24,27). The van der Waals surface area contributed by atoms with E-state index in [4.69, 9.17) is 9.47 Å². The Kier molecular flexibility index (Phi) is 6.19. The lowest BCUT2D eigenvalue weighted by atomic mass is 9.79. The van der Waals surface area contributed by atoms with Crippen molar-refractivity contribution in [1.29, 1.82) is 0 Å². The zero-order chi connectivity index (χ0) is 23.1. The van der Waals surface area contributed by atoms with Gasteiger partial charge in [-0.25, -0.2) is 8.42 Å². The molecule has 0 radical (unpaired) electrons. The Bertz CT molecular complexity index is 952. The van der Waals surface area contributed by atoms with Gasteiger partial charge in [0.25, 0.3) is 0 Å². The van der Waals surface area contributed by atoms with Crippen molar-refractivity contribution in [2.75, 3.05) is 26.3 Å². The second-order valence-corrected chi connectivity index (χ2v) is 12.4. The van der Waals surface area contributed by atoms with Crippen molar-refractivity contribution >= 4 is 15.9 Å². The van der Waals surface area contributed by atoms with Gasteiger partial charge < -0.3 is 20.1 Å². The van der Waals surface area contributed by atoms with E-state index >= 15 is 0 Å². The lowest BCUT2D eigenvalue weighted by molar-refractivity contribution is -0.127. The molecular formula is C23H35N3O5S. The Morgan fingerprint density at radius 2 is 1.62 bits per heavy atom. The van der Waals surface area contributed by atoms with Crippen LogP contribution in [0, 0.1) is 5.92 Å². The molecule has 3 aliphatic rings. The highest BCUT2D eigenvalue weighted by molar-refractivity contribution is 7.89. The van der Waals surface area contributed by atoms with Crippen LogP contribution in [0.15, 0.2) is 23.1 Å². The molecule has 0 saturated carbocycles. The molecule has 8 nitrogen and oxygen atoms in total. The fraction of sp³-hybridized carbons (Fsp3) is 0.696. The predicted octanol–water partition coefficient (Wildman–Crippen LogP) is 2.28. The zero-order valence-corrected chi connectivity index (χ0v) is 20.3. The van der Waals surface area contributed by atoms with Gasteiger partial charge in [0.1, 0.15) is 13.2 Å². The van der Waals surface area contributed by atoms with Crippen molar-refractivity contribution in [3.8, 4) is 11.5 Å². The summed E-state index contributed by atoms with van der Waals surface area (Å²) in [5.74, 6) is 0.900. The van der Waals surface area contributed by atoms with Crippen molar-refractivity contribution in [3.05, 3.63) is 18.2 Å². The monoisotopic (exact) mass is 465 g/mol. The summed E-state index contributed by atoms with van der Waals surface area (Å²) in [5, 5.41) is 6.87. The summed E-state index contributed by atoms with van der Waals surface area (Å²) in [6, 6.07) is 4.85. The molecule has 1 aromatic carbocycles. The van der Waals surface area contributed by atoms with Crippen molar-refractivity contribution in [3.63, 3.8) is 0 Å². The number of hydrogen-bond donors (Lipinski definition) is 2. The smallest absolute Gasteiger partial charge is 0.243 e. The molecular weight excluding hydrogens is 430 g/mol. The van der Waals surface area contributed by atoms with Crippen LogP contribution in [0.3, 0.4) is 0 Å². The van der Waals surface area contributed by atoms with Gasteiger partial charge in [-0.3, -0.25) is 4.79 Å². The molecule has 0 aromatic heterocycles. The summed E-state index contributed by atoms with van der Waals surface area (Å²) in [5.41, 5.74) is -0.0818. The van der Waals surface area contributed by atoms with E-state index in [1.807, 2.05) is 0 Å². The van der Waals surface area contributed by atoms with Gasteiger partial charge in [0.2, 0.25) is 15.9 Å². The Morgan fingerprint density at radius 3 is 2.25 bits per heavy atom. The highest BCUT2D eigenvalue weighted by Gasteiger charge is 2.39. The number of rotatable bonds is 4. The van der Waals surface area contributed by atoms with Crippen LogP contribution in [0.1, 0.15) is 53.4 Å². The van der Waals surface area contributed by atoms with E-state index in [2.05, 4.69) is 38.3 Å². The number of hydrogen-bond acceptors (Lipinski definition) is 6. The minimum absolute atomic E-state index is 0.0409. The molecule has 2 N–H and O–H groups in total. The van der Waals surface area contributed by atoms with Crippen LogP contribution in [0.4, 0.5) is 0 Å². The maximum absolute atomic E-state index is 13.1. The summed E-state index contributed by atoms with van der Waals surface area (Å²) in [4.78, 5) is 13.1. The van der Waals surface area contributed by atoms with Gasteiger partial charge in [0.05, 0.1) is 4.90 Å². The summed E-state index contributed by atoms with van der Waals surface area (Å²) in [6.07, 6.45) is 2.79. The maximum atomic E-state index is 13.1. The number of benzene rings is 1. The number of nitrogens with one attached hydrogen (secondary N) is 2. The minimum atomic E-state index is -3.64. The lowest BCUT2D eigenvalue weighted by Gasteiger charge is -2.47. The fourth-order valence-electron chi connectivity index (χ4n) is 5.43. The summed E-state index contributed by atoms with van der Waals surface area (Å²) < 4.78 is 38.7. The average Bonchev–Trinajstić information content (AvgIpc) is 2.71. The van der Waals surface area contributed by atoms with E-state index in [1.165, 1.54) is 10.4 Å². The van der Waals surface area contributed by atoms with Crippen molar-refractivity contribution in [1.82, 2.24) is 14.9 Å². The molecule has 3 heterocycles. The first kappa shape index (κ1) is 23.3. The molecule has 1 amide bonds. The zero-order valence-electron chi connectivity index (χ0n) is 19.4. The first-order chi connectivity index (χ1) is 15.0. The molecule has 0 bridgehead atoms. The summed E-state index contributed by atoms with van der Waals surface area (Å²) in [7, 11) is -3.64. The average molecular weight is 466 g/mol. The van der Waals surface area contributed by atoms with Crippen LogP contribution in [-0.2, 0) is 14.8 Å². The van der Waals surface area contributed by atoms with Gasteiger partial charge >= 0.3 is 0 Å². The number of sulfonamides is 1. The van der Waals surface area contributed by atoms with E-state index in [9.17, 15) is 13.2 Å². The quantitative estimate of drug-likeness (QED) is 0.708. The van der Waals surface area contributed by atoms with E-state index in [0.29, 0.717) is 50.6 Å². The number of carbonyl (C=O) groups is 1. The molecule has 32 heavy (non-hydrogen) atoms. The highest BCUT2D eigenvalue weighted by atomic mass is 32.2. The van der Waals surface area contributed by atoms with Gasteiger partial charge in [-0.2, -0.15) is 4.31 Å². The molecule has 2 fully saturated rings. The van der Waals surface area contributed by atoms with E-state index in [1.54, 1.807) is 12.1 Å². The lowest BCUT2D eigenvalue weighted by Crippen LogP contribution is -2.62. The molecule has 0 aliphatic carbocycles. The maximum Gasteiger partial charge on any atom is 0.243 e. The van der Waals surface area contributed by atoms with Crippen molar-refractivity contribution in [2.24, 2.45) is 5.92 Å². The molecule has 0 atom stereocenters. The number of carbonyl (C=O) groups excluding carboxylic acids is 1. The van der Waals surface area contributed by atoms with Gasteiger partial charge in [-0.1, -0.05) is 0 Å². The Hall–Kier alpha value is -1.84. The normalized spacial score (nSPS) is 24.1. The molecule has 0 spiro atoms. The molecule has 4 rings (SSSR count). The predicted molar refractivity (Wildman–Crippen MR) is 121 cm³/mol. The fourth-order valence-corrected chi connectivity index (χ4v) is 6.92. The van der Waals surface area contributed by atoms with Gasteiger partial charge in [0, 0.05) is 42.2 Å². The van der Waals surface area contributed by atoms with Crippen LogP contribution < -0.4 is 20.1 Å². The van der Waals surface area contributed by atoms with Crippen LogP contribution in [0.25, 0.3) is 0 Å². The largest absolute Gasteiger partial charge is 0.486 e. The number of fused-ring (bicyclic) bond motifs is 1. The van der Waals surface area contributed by atoms with Crippen LogP contribution in [-0.4, -0.2) is 62.1 Å². The third-order valence-electron chi connectivity index (χ3n) is 6.51. The van der Waals surface area contributed by atoms with E-state index in [0.717, 1.165) is 12.8 Å². The van der Waals surface area contributed by atoms with Crippen LogP contribution >= 0.6 is 0 Å². The number of piperidine rings is 2. The van der Waals surface area contributed by atoms with Gasteiger partial charge in [-0.15, -0.1) is 0 Å². The Morgan fingerprint density at radius 1 is 1.03 bits per heavy atom. The topological polar surface area (TPSA) is 97.0 Å². The first-order valence-corrected chi connectivity index (χ1v) is 12.9. The molecule has 1 aromatic rings. The molecule has 9 heteroatoms. The van der Waals surface area contributed by atoms with Crippen molar-refractivity contribution in [2.45, 2.75) is 75.4 Å². The third kappa shape index (κ3) is 5.05. The number of nitrogens with zero attached hydrogens (tertiary/aromatic N) is 1. The van der Waals surface area contributed by atoms with E-state index in [-0.39, 0.29) is 33.8 Å². The Labute approximate surface area is 191 Å². The van der Waals surface area contributed by atoms with Gasteiger partial charge in [0.15, 0.2) is 11.5 Å². The highest BCUT2D eigenvalue weighted by Crippen LogP contribution is 2.34. The summed E-state index contributed by atoms with van der Waals surface area (Å²) in [6.45, 7) is 10.2. The second-order valence-electron chi connectivity index (χ2n) is 10.5. The first-order valence-electron chi connectivity index (χ1n) is 11.4. The molecule has 178 valence electrons. The van der Waals surface area contributed by atoms with Crippen molar-refractivity contribution < 1.29 is 22.7 Å². The van der Waals surface area contributed by atoms with Gasteiger partial charge in [-0.05, 0) is 65.5 Å². The minimum Gasteiger partial charge on any atom is -0.486 e. The number of ether oxygens (including phenoxy) is 2. The second kappa shape index (κ2) is 8.50. The number of amides is 1. The Balaban J connectivity index is 1.36. The van der Waals surface area contributed by atoms with Crippen LogP contribution in [0.5, 0.6) is 11.5 Å². The van der Waals surface area contributed by atoms with E-state index < -0.39 is 10.0 Å². The molecule has 2 saturated heterocycles. The summed E-state index contributed by atoms with van der Waals surface area (Å²) >= 11 is 0.